The Hall–Kier alpha value is -13.0. The number of hydrogen-bond acceptors (Lipinski definition) is 32. The number of carboxylic acid groups (broad SMARTS) is 1. The number of aliphatic hydroxyl groups is 5. The predicted octanol–water partition coefficient (Wildman–Crippen LogP) is -14.9. The van der Waals surface area contributed by atoms with E-state index in [1.807, 2.05) is 0 Å². The molecule has 0 radical (unpaired) electrons. The lowest BCUT2D eigenvalue weighted by molar-refractivity contribution is -0.144. The zero-order valence-electron chi connectivity index (χ0n) is 81.0. The van der Waals surface area contributed by atoms with Crippen LogP contribution in [-0.2, 0) is 115 Å². The summed E-state index contributed by atoms with van der Waals surface area (Å²) < 4.78 is 0. The van der Waals surface area contributed by atoms with E-state index in [0.717, 1.165) is 25.7 Å². The van der Waals surface area contributed by atoms with E-state index in [1.54, 1.807) is 13.8 Å². The molecule has 0 saturated carbocycles. The molecule has 0 spiro atoms. The Morgan fingerprint density at radius 2 is 0.679 bits per heavy atom. The lowest BCUT2D eigenvalue weighted by Crippen LogP contribution is -2.64. The number of carboxylic acids is 1. The van der Waals surface area contributed by atoms with Crippen molar-refractivity contribution in [1.29, 1.82) is 0 Å². The van der Waals surface area contributed by atoms with Gasteiger partial charge in [-0.3, -0.25) is 110 Å². The van der Waals surface area contributed by atoms with Crippen molar-refractivity contribution in [3.8, 4) is 0 Å². The summed E-state index contributed by atoms with van der Waals surface area (Å²) in [6.45, 7) is 13.7. The van der Waals surface area contributed by atoms with Gasteiger partial charge in [-0.15, -0.1) is 0 Å². The third-order valence-electron chi connectivity index (χ3n) is 22.1. The fraction of sp³-hybridized carbons (Fsp3) is 0.714. The molecule has 0 aromatic heterocycles. The van der Waals surface area contributed by atoms with Gasteiger partial charge in [0.2, 0.25) is 136 Å². The number of unbranched alkanes of at least 4 members (excludes halogenated alkanes) is 2. The molecule has 0 aliphatic carbocycles. The largest absolute Gasteiger partial charge is 0.480 e. The Kier molecular flexibility index (Phi) is 56.1. The van der Waals surface area contributed by atoms with Crippen LogP contribution in [0.4, 0.5) is 0 Å². The molecule has 0 bridgehead atoms. The van der Waals surface area contributed by atoms with Crippen LogP contribution < -0.4 is 136 Å². The summed E-state index contributed by atoms with van der Waals surface area (Å²) in [5.74, 6) is -29.2. The molecule has 1 fully saturated rings. The van der Waals surface area contributed by atoms with E-state index in [0.29, 0.717) is 6.42 Å². The van der Waals surface area contributed by atoms with Crippen LogP contribution in [0.25, 0.3) is 0 Å². The van der Waals surface area contributed by atoms with Gasteiger partial charge < -0.3 is 171 Å². The first kappa shape index (κ1) is 125. The van der Waals surface area contributed by atoms with E-state index in [1.165, 1.54) is 55.4 Å². The maximum absolute atomic E-state index is 14.5. The van der Waals surface area contributed by atoms with E-state index in [2.05, 4.69) is 95.7 Å². The maximum Gasteiger partial charge on any atom is 0.326 e. The van der Waals surface area contributed by atoms with Crippen LogP contribution in [-0.4, -0.2) is 350 Å². The standard InChI is InChI=1S/C84H146N26O30/c1-14-39(8)63(84(139)140)106-73(128)48(23-25-54(88)116)96-59(121)33-92-67(122)40(9)95-68(123)41(10)94-58(120)32-93-77(132)64(42(11)113)108-80(135)62(38(6)7)105-82(137)66(44(13)115)109-79(134)61(37(4)5)103-72(127)47(21-16-18-28-86)97-70(125)46(20-15-17-27-85)99-81(136)65(43(12)114)107-75(130)51(34-111)101-78(133)60(36(2)3)104-74(129)50(31-57(91)119)100-71(126)49(24-26-55(89)117)98-76(131)53-22-19-29-110(53)83(138)52(35-112)102-69(124)45(87)30-56(90)118/h36-53,60-66,111-115H,14-35,85-87H2,1-13H3,(H2,88,116)(H2,89,117)(H2,90,118)(H2,91,119)(H,92,122)(H,93,132)(H,94,120)(H,95,123)(H,96,121)(H,97,125)(H,98,131)(H,99,136)(H,100,126)(H,101,133)(H,102,124)(H,103,127)(H,104,129)(H,105,137)(H,106,128)(H,107,130)(H,108,135)(H,109,134)(H,139,140)/t39-,40-,41-,42+,43+,44+,45-,46-,47-,48-,49-,50-,51-,52-,53-,60-,61-,62-,63-,64-,65-,66-/m0/s1. The monoisotopic (exact) mass is 2000 g/mol. The number of aliphatic hydroxyl groups excluding tert-OH is 5. The molecular weight excluding hydrogens is 1850 g/mol. The van der Waals surface area contributed by atoms with Gasteiger partial charge in [0.15, 0.2) is 0 Å². The van der Waals surface area contributed by atoms with Gasteiger partial charge in [0, 0.05) is 19.4 Å². The lowest BCUT2D eigenvalue weighted by atomic mass is 9.98. The summed E-state index contributed by atoms with van der Waals surface area (Å²) in [4.78, 5) is 321. The molecule has 0 aromatic carbocycles. The van der Waals surface area contributed by atoms with Crippen molar-refractivity contribution < 1.29 is 146 Å². The Balaban J connectivity index is 3.37. The zero-order chi connectivity index (χ0) is 107. The van der Waals surface area contributed by atoms with Crippen molar-refractivity contribution in [2.24, 2.45) is 63.8 Å². The number of primary amides is 4. The normalized spacial score (nSPS) is 16.8. The van der Waals surface area contributed by atoms with Crippen LogP contribution in [0.1, 0.15) is 186 Å². The first-order valence-electron chi connectivity index (χ1n) is 45.8. The molecule has 22 atom stereocenters. The third kappa shape index (κ3) is 44.0. The minimum atomic E-state index is -2.01. The average Bonchev–Trinajstić information content (AvgIpc) is 1.64. The van der Waals surface area contributed by atoms with Gasteiger partial charge in [-0.2, -0.15) is 0 Å². The van der Waals surface area contributed by atoms with Crippen molar-refractivity contribution in [2.45, 2.75) is 313 Å². The summed E-state index contributed by atoms with van der Waals surface area (Å²) in [5, 5.41) is 105. The minimum absolute atomic E-state index is 0.0382. The highest BCUT2D eigenvalue weighted by Crippen LogP contribution is 2.21. The predicted molar refractivity (Wildman–Crippen MR) is 492 cm³/mol. The second-order valence-corrected chi connectivity index (χ2v) is 35.1. The van der Waals surface area contributed by atoms with Gasteiger partial charge in [0.25, 0.3) is 0 Å². The maximum atomic E-state index is 14.5. The zero-order valence-corrected chi connectivity index (χ0v) is 81.0. The van der Waals surface area contributed by atoms with Gasteiger partial charge in [-0.1, -0.05) is 61.8 Å². The Morgan fingerprint density at radius 1 is 0.343 bits per heavy atom. The van der Waals surface area contributed by atoms with E-state index in [9.17, 15) is 146 Å². The summed E-state index contributed by atoms with van der Waals surface area (Å²) in [6, 6.07) is -29.7. The number of carbonyl (C=O) groups excluding carboxylic acids is 23. The average molecular weight is 2000 g/mol. The van der Waals surface area contributed by atoms with Gasteiger partial charge in [0.1, 0.15) is 103 Å². The molecule has 1 saturated heterocycles. The summed E-state index contributed by atoms with van der Waals surface area (Å²) in [6.07, 6.45) is -7.79. The van der Waals surface area contributed by atoms with Gasteiger partial charge in [-0.05, 0) is 136 Å². The van der Waals surface area contributed by atoms with Gasteiger partial charge >= 0.3 is 5.97 Å². The van der Waals surface area contributed by atoms with Crippen LogP contribution in [0, 0.1) is 23.7 Å². The molecule has 1 aliphatic rings. The molecule has 56 heteroatoms. The number of likely N-dealkylation sites (tertiary alicyclic amines) is 1. The molecule has 23 amide bonds. The van der Waals surface area contributed by atoms with Gasteiger partial charge in [0.05, 0.1) is 63.5 Å². The molecule has 38 N–H and O–H groups in total. The number of carbonyl (C=O) groups is 24. The molecule has 56 nitrogen and oxygen atoms in total. The van der Waals surface area contributed by atoms with Crippen LogP contribution in [0.15, 0.2) is 0 Å². The van der Waals surface area contributed by atoms with Crippen LogP contribution >= 0.6 is 0 Å². The SMILES string of the molecule is CC[C@H](C)[C@H](NC(=O)[C@H](CCC(N)=O)NC(=O)CNC(=O)[C@H](C)NC(=O)[C@H](C)NC(=O)CNC(=O)[C@@H](NC(=O)[C@@H](NC(=O)[C@@H](NC(=O)[C@@H](NC(=O)[C@H](CCCCN)NC(=O)[C@H](CCCCN)NC(=O)[C@@H](NC(=O)[C@H](CO)NC(=O)[C@@H](NC(=O)[C@H](CC(N)=O)NC(=O)[C@H](CCC(N)=O)NC(=O)[C@@H]1CCCN1C(=O)[C@H](CO)NC(=O)[C@@H](N)CC(N)=O)C(C)C)[C@@H](C)O)C(C)C)[C@@H](C)O)C(C)C)[C@@H](C)O)C(=O)O. The van der Waals surface area contributed by atoms with Crippen molar-refractivity contribution in [2.75, 3.05) is 45.9 Å². The van der Waals surface area contributed by atoms with Crippen molar-refractivity contribution in [3.63, 3.8) is 0 Å². The van der Waals surface area contributed by atoms with E-state index in [4.69, 9.17) is 40.1 Å². The molecule has 0 unspecified atom stereocenters. The number of aliphatic carboxylic acids is 1. The number of amides is 23. The molecule has 140 heavy (non-hydrogen) atoms. The second-order valence-electron chi connectivity index (χ2n) is 35.1. The number of nitrogens with zero attached hydrogens (tertiary/aromatic N) is 1. The molecule has 792 valence electrons. The Labute approximate surface area is 808 Å². The quantitative estimate of drug-likeness (QED) is 0.0251. The molecular formula is C84H146N26O30. The summed E-state index contributed by atoms with van der Waals surface area (Å²) in [7, 11) is 0. The number of rotatable bonds is 66. The van der Waals surface area contributed by atoms with Crippen molar-refractivity contribution in [3.05, 3.63) is 0 Å². The summed E-state index contributed by atoms with van der Waals surface area (Å²) in [5.41, 5.74) is 38.4. The fourth-order valence-corrected chi connectivity index (χ4v) is 13.7. The molecule has 1 aliphatic heterocycles. The third-order valence-corrected chi connectivity index (χ3v) is 22.1. The van der Waals surface area contributed by atoms with E-state index < -0.39 is 345 Å². The Morgan fingerprint density at radius 3 is 1.10 bits per heavy atom. The molecule has 0 aromatic rings. The van der Waals surface area contributed by atoms with E-state index >= 15 is 0 Å². The minimum Gasteiger partial charge on any atom is -0.480 e. The number of nitrogens with two attached hydrogens (primary N) is 7. The Bertz CT molecular complexity index is 4290. The fourth-order valence-electron chi connectivity index (χ4n) is 13.7. The van der Waals surface area contributed by atoms with Crippen molar-refractivity contribution in [1.82, 2.24) is 101 Å². The summed E-state index contributed by atoms with van der Waals surface area (Å²) >= 11 is 0. The van der Waals surface area contributed by atoms with Crippen molar-refractivity contribution >= 4 is 142 Å². The number of hydrogen-bond donors (Lipinski definition) is 31. The first-order valence-corrected chi connectivity index (χ1v) is 45.8. The molecule has 1 rings (SSSR count). The van der Waals surface area contributed by atoms with E-state index in [-0.39, 0.29) is 83.8 Å². The highest BCUT2D eigenvalue weighted by atomic mass is 16.4. The topological polar surface area (TPSA) is 933 Å². The van der Waals surface area contributed by atoms with Crippen LogP contribution in [0.5, 0.6) is 0 Å². The van der Waals surface area contributed by atoms with Crippen LogP contribution in [0.3, 0.4) is 0 Å². The highest BCUT2D eigenvalue weighted by Gasteiger charge is 2.44. The lowest BCUT2D eigenvalue weighted by Gasteiger charge is -2.31. The second kappa shape index (κ2) is 62.8. The highest BCUT2D eigenvalue weighted by molar-refractivity contribution is 6.03. The van der Waals surface area contributed by atoms with Gasteiger partial charge in [-0.25, -0.2) is 4.79 Å². The first-order chi connectivity index (χ1) is 65.3. The molecule has 1 heterocycles. The number of nitrogens with one attached hydrogen (secondary N) is 18. The van der Waals surface area contributed by atoms with Crippen LogP contribution in [0.2, 0.25) is 0 Å². The smallest absolute Gasteiger partial charge is 0.326 e.